The van der Waals surface area contributed by atoms with Crippen LogP contribution in [-0.4, -0.2) is 28.8 Å². The Balaban J connectivity index is 0.00000139. The van der Waals surface area contributed by atoms with Gasteiger partial charge in [-0.3, -0.25) is 9.79 Å². The molecule has 2 aromatic rings. The van der Waals surface area contributed by atoms with Crippen LogP contribution in [0.15, 0.2) is 35.3 Å². The molecule has 3 N–H and O–H groups in total. The van der Waals surface area contributed by atoms with E-state index in [0.29, 0.717) is 23.8 Å². The van der Waals surface area contributed by atoms with Gasteiger partial charge in [-0.2, -0.15) is 0 Å². The number of aliphatic imine (C=N–C) groups is 1. The molecule has 0 saturated heterocycles. The van der Waals surface area contributed by atoms with Gasteiger partial charge in [0.05, 0.1) is 12.2 Å². The summed E-state index contributed by atoms with van der Waals surface area (Å²) in [6, 6.07) is 8.85. The molecule has 128 valence electrons. The summed E-state index contributed by atoms with van der Waals surface area (Å²) >= 11 is 0. The quantitative estimate of drug-likeness (QED) is 0.666. The zero-order valence-corrected chi connectivity index (χ0v) is 14.9. The topological polar surface area (TPSA) is 93.3 Å². The van der Waals surface area contributed by atoms with E-state index in [9.17, 15) is 4.79 Å². The van der Waals surface area contributed by atoms with Crippen molar-refractivity contribution in [3.8, 4) is 0 Å². The number of carbonyl (C=O) groups is 1. The number of amidine groups is 1. The lowest BCUT2D eigenvalue weighted by Crippen LogP contribution is -2.24. The Hall–Kier alpha value is -2.76. The highest BCUT2D eigenvalue weighted by Gasteiger charge is 2.07. The van der Waals surface area contributed by atoms with E-state index in [1.54, 1.807) is 31.3 Å². The summed E-state index contributed by atoms with van der Waals surface area (Å²) in [5.74, 6) is 0.981. The van der Waals surface area contributed by atoms with Gasteiger partial charge in [0.15, 0.2) is 0 Å². The smallest absolute Gasteiger partial charge is 0.251 e. The van der Waals surface area contributed by atoms with Crippen LogP contribution in [-0.2, 0) is 6.54 Å². The van der Waals surface area contributed by atoms with Crippen molar-refractivity contribution in [2.75, 3.05) is 7.05 Å². The number of nitrogens with zero attached hydrogens (tertiary/aromatic N) is 3. The zero-order chi connectivity index (χ0) is 18.1. The molecule has 2 rings (SSSR count). The number of rotatable bonds is 4. The monoisotopic (exact) mass is 327 g/mol. The zero-order valence-electron chi connectivity index (χ0n) is 14.9. The highest BCUT2D eigenvalue weighted by Crippen LogP contribution is 2.05. The molecule has 0 unspecified atom stereocenters. The van der Waals surface area contributed by atoms with Crippen molar-refractivity contribution in [2.45, 2.75) is 34.2 Å². The Morgan fingerprint density at radius 2 is 1.71 bits per heavy atom. The first-order valence-corrected chi connectivity index (χ1v) is 7.91. The summed E-state index contributed by atoms with van der Waals surface area (Å²) in [5, 5.41) is 2.84. The Bertz CT molecular complexity index is 688. The summed E-state index contributed by atoms with van der Waals surface area (Å²) in [7, 11) is 1.63. The molecule has 0 aliphatic carbocycles. The average Bonchev–Trinajstić information content (AvgIpc) is 2.60. The van der Waals surface area contributed by atoms with Crippen LogP contribution in [0.1, 0.15) is 47.0 Å². The first-order valence-electron chi connectivity index (χ1n) is 7.91. The SMILES string of the molecule is CC.CN=C(N)c1ccc(C(=O)NCc2cc(C)nc(C)n2)cc1. The van der Waals surface area contributed by atoms with Crippen LogP contribution >= 0.6 is 0 Å². The van der Waals surface area contributed by atoms with E-state index in [1.807, 2.05) is 33.8 Å². The molecule has 0 fully saturated rings. The third kappa shape index (κ3) is 5.46. The minimum atomic E-state index is -0.160. The Morgan fingerprint density at radius 1 is 1.12 bits per heavy atom. The molecule has 1 aromatic carbocycles. The van der Waals surface area contributed by atoms with Gasteiger partial charge >= 0.3 is 0 Å². The average molecular weight is 327 g/mol. The minimum Gasteiger partial charge on any atom is -0.384 e. The lowest BCUT2D eigenvalue weighted by molar-refractivity contribution is 0.0950. The van der Waals surface area contributed by atoms with Crippen LogP contribution in [0.2, 0.25) is 0 Å². The first-order chi connectivity index (χ1) is 11.5. The molecule has 6 nitrogen and oxygen atoms in total. The number of aryl methyl sites for hydroxylation is 2. The van der Waals surface area contributed by atoms with Crippen LogP contribution < -0.4 is 11.1 Å². The van der Waals surface area contributed by atoms with E-state index in [0.717, 1.165) is 17.0 Å². The summed E-state index contributed by atoms with van der Waals surface area (Å²) < 4.78 is 0. The van der Waals surface area contributed by atoms with Crippen LogP contribution in [0, 0.1) is 13.8 Å². The van der Waals surface area contributed by atoms with Crippen molar-refractivity contribution >= 4 is 11.7 Å². The number of nitrogens with two attached hydrogens (primary N) is 1. The maximum absolute atomic E-state index is 12.1. The molecular formula is C18H25N5O. The molecule has 1 heterocycles. The van der Waals surface area contributed by atoms with Crippen molar-refractivity contribution in [2.24, 2.45) is 10.7 Å². The van der Waals surface area contributed by atoms with Gasteiger partial charge in [-0.15, -0.1) is 0 Å². The molecule has 0 spiro atoms. The van der Waals surface area contributed by atoms with E-state index in [4.69, 9.17) is 5.73 Å². The fraction of sp³-hybridized carbons (Fsp3) is 0.333. The first kappa shape index (κ1) is 19.3. The molecular weight excluding hydrogens is 302 g/mol. The van der Waals surface area contributed by atoms with Crippen molar-refractivity contribution < 1.29 is 4.79 Å². The number of hydrogen-bond donors (Lipinski definition) is 2. The third-order valence-electron chi connectivity index (χ3n) is 3.13. The van der Waals surface area contributed by atoms with Gasteiger partial charge in [0.2, 0.25) is 0 Å². The fourth-order valence-electron chi connectivity index (χ4n) is 2.08. The summed E-state index contributed by atoms with van der Waals surface area (Å²) in [6.07, 6.45) is 0. The lowest BCUT2D eigenvalue weighted by atomic mass is 10.1. The Morgan fingerprint density at radius 3 is 2.25 bits per heavy atom. The molecule has 0 bridgehead atoms. The maximum Gasteiger partial charge on any atom is 0.251 e. The molecule has 1 amide bonds. The second-order valence-corrected chi connectivity index (χ2v) is 4.92. The van der Waals surface area contributed by atoms with Gasteiger partial charge < -0.3 is 11.1 Å². The number of carbonyl (C=O) groups excluding carboxylic acids is 1. The van der Waals surface area contributed by atoms with Gasteiger partial charge in [0.1, 0.15) is 11.7 Å². The molecule has 6 heteroatoms. The van der Waals surface area contributed by atoms with Crippen molar-refractivity contribution in [3.05, 3.63) is 58.7 Å². The summed E-state index contributed by atoms with van der Waals surface area (Å²) in [5.41, 5.74) is 8.75. The number of hydrogen-bond acceptors (Lipinski definition) is 4. The van der Waals surface area contributed by atoms with E-state index >= 15 is 0 Å². The standard InChI is InChI=1S/C16H19N5O.C2H6/c1-10-8-14(21-11(2)20-10)9-19-16(22)13-6-4-12(5-7-13)15(17)18-3;1-2/h4-8H,9H2,1-3H3,(H2,17,18)(H,19,22);1-2H3. The highest BCUT2D eigenvalue weighted by molar-refractivity contribution is 5.99. The van der Waals surface area contributed by atoms with Crippen LogP contribution in [0.5, 0.6) is 0 Å². The van der Waals surface area contributed by atoms with Crippen LogP contribution in [0.3, 0.4) is 0 Å². The van der Waals surface area contributed by atoms with Crippen molar-refractivity contribution in [3.63, 3.8) is 0 Å². The second kappa shape index (κ2) is 9.39. The van der Waals surface area contributed by atoms with Gasteiger partial charge in [-0.25, -0.2) is 9.97 Å². The molecule has 24 heavy (non-hydrogen) atoms. The van der Waals surface area contributed by atoms with Gasteiger partial charge in [-0.1, -0.05) is 26.0 Å². The largest absolute Gasteiger partial charge is 0.384 e. The molecule has 0 atom stereocenters. The van der Waals surface area contributed by atoms with Gasteiger partial charge in [0.25, 0.3) is 5.91 Å². The number of aromatic nitrogens is 2. The molecule has 0 radical (unpaired) electrons. The van der Waals surface area contributed by atoms with Crippen LogP contribution in [0.4, 0.5) is 0 Å². The summed E-state index contributed by atoms with van der Waals surface area (Å²) in [6.45, 7) is 8.10. The van der Waals surface area contributed by atoms with Crippen molar-refractivity contribution in [1.29, 1.82) is 0 Å². The van der Waals surface area contributed by atoms with Gasteiger partial charge in [0, 0.05) is 23.9 Å². The Labute approximate surface area is 143 Å². The van der Waals surface area contributed by atoms with Gasteiger partial charge in [-0.05, 0) is 32.0 Å². The predicted molar refractivity (Wildman–Crippen MR) is 97.1 cm³/mol. The fourth-order valence-corrected chi connectivity index (χ4v) is 2.08. The van der Waals surface area contributed by atoms with Crippen LogP contribution in [0.25, 0.3) is 0 Å². The maximum atomic E-state index is 12.1. The van der Waals surface area contributed by atoms with E-state index in [-0.39, 0.29) is 5.91 Å². The lowest BCUT2D eigenvalue weighted by Gasteiger charge is -2.07. The molecule has 0 aliphatic rings. The normalized spacial score (nSPS) is 10.6. The minimum absolute atomic E-state index is 0.160. The molecule has 0 aliphatic heterocycles. The van der Waals surface area contributed by atoms with Crippen molar-refractivity contribution in [1.82, 2.24) is 15.3 Å². The number of amides is 1. The Kier molecular flexibility index (Phi) is 7.55. The second-order valence-electron chi connectivity index (χ2n) is 4.92. The van der Waals surface area contributed by atoms with E-state index in [1.165, 1.54) is 0 Å². The highest BCUT2D eigenvalue weighted by atomic mass is 16.1. The number of benzene rings is 1. The molecule has 1 aromatic heterocycles. The van der Waals surface area contributed by atoms with E-state index < -0.39 is 0 Å². The molecule has 0 saturated carbocycles. The predicted octanol–water partition coefficient (Wildman–Crippen LogP) is 2.38. The third-order valence-corrected chi connectivity index (χ3v) is 3.13. The van der Waals surface area contributed by atoms with E-state index in [2.05, 4.69) is 20.3 Å². The summed E-state index contributed by atoms with van der Waals surface area (Å²) in [4.78, 5) is 24.5. The number of nitrogens with one attached hydrogen (secondary N) is 1.